The van der Waals surface area contributed by atoms with Gasteiger partial charge in [0.15, 0.2) is 11.6 Å². The number of benzene rings is 2. The first kappa shape index (κ1) is 17.2. The summed E-state index contributed by atoms with van der Waals surface area (Å²) in [6.07, 6.45) is 0. The Balaban J connectivity index is 2.38. The Hall–Kier alpha value is -2.14. The van der Waals surface area contributed by atoms with E-state index in [9.17, 15) is 22.4 Å². The third-order valence-corrected chi connectivity index (χ3v) is 3.19. The highest BCUT2D eigenvalue weighted by atomic mass is 32.2. The Kier molecular flexibility index (Phi) is 5.55. The van der Waals surface area contributed by atoms with Crippen molar-refractivity contribution in [1.82, 2.24) is 0 Å². The molecule has 0 saturated heterocycles. The first-order valence-corrected chi connectivity index (χ1v) is 6.49. The monoisotopic (exact) mass is 350 g/mol. The Morgan fingerprint density at radius 3 is 2.04 bits per heavy atom. The molecule has 0 aliphatic heterocycles. The molecule has 0 aliphatic carbocycles. The number of carbonyl (C=O) groups excluding carboxylic acids is 1. The summed E-state index contributed by atoms with van der Waals surface area (Å²) in [5.41, 5.74) is -0.0809. The van der Waals surface area contributed by atoms with Gasteiger partial charge in [-0.1, -0.05) is 23.2 Å². The van der Waals surface area contributed by atoms with Crippen molar-refractivity contribution in [1.29, 1.82) is 0 Å². The van der Waals surface area contributed by atoms with Gasteiger partial charge >= 0.3 is 5.97 Å². The maximum atomic E-state index is 13.8. The van der Waals surface area contributed by atoms with E-state index in [0.717, 1.165) is 0 Å². The number of hydrogen-bond acceptors (Lipinski definition) is 6. The Morgan fingerprint density at radius 2 is 1.52 bits per heavy atom. The van der Waals surface area contributed by atoms with Gasteiger partial charge in [0, 0.05) is 0 Å². The summed E-state index contributed by atoms with van der Waals surface area (Å²) in [6.45, 7) is 0. The van der Waals surface area contributed by atoms with Crippen LogP contribution in [-0.2, 0) is 9.37 Å². The van der Waals surface area contributed by atoms with Gasteiger partial charge in [-0.3, -0.25) is 0 Å². The first-order chi connectivity index (χ1) is 11.0. The van der Waals surface area contributed by atoms with E-state index in [2.05, 4.69) is 14.1 Å². The molecule has 122 valence electrons. The van der Waals surface area contributed by atoms with Crippen molar-refractivity contribution >= 4 is 18.0 Å². The SMILES string of the molecule is O=C(Oc1c(F)c(F)c(SOOO)c(F)c1F)c1ccccc1. The third-order valence-electron chi connectivity index (χ3n) is 2.53. The van der Waals surface area contributed by atoms with E-state index >= 15 is 0 Å². The van der Waals surface area contributed by atoms with E-state index in [1.54, 1.807) is 6.07 Å². The molecular formula is C13H6F4O5S. The molecule has 0 bridgehead atoms. The molecule has 0 aliphatic rings. The molecule has 0 spiro atoms. The van der Waals surface area contributed by atoms with Gasteiger partial charge in [0.1, 0.15) is 4.90 Å². The summed E-state index contributed by atoms with van der Waals surface area (Å²) >= 11 is -0.317. The lowest BCUT2D eigenvalue weighted by atomic mass is 10.2. The fraction of sp³-hybridized carbons (Fsp3) is 0. The normalized spacial score (nSPS) is 10.7. The minimum absolute atomic E-state index is 0.0809. The average Bonchev–Trinajstić information content (AvgIpc) is 2.57. The van der Waals surface area contributed by atoms with Crippen LogP contribution in [0, 0.1) is 23.3 Å². The van der Waals surface area contributed by atoms with Crippen LogP contribution in [0.25, 0.3) is 0 Å². The van der Waals surface area contributed by atoms with Crippen LogP contribution >= 0.6 is 12.0 Å². The molecule has 2 aromatic carbocycles. The van der Waals surface area contributed by atoms with Crippen molar-refractivity contribution in [2.24, 2.45) is 0 Å². The van der Waals surface area contributed by atoms with E-state index in [1.165, 1.54) is 24.3 Å². The van der Waals surface area contributed by atoms with Gasteiger partial charge in [-0.25, -0.2) is 18.8 Å². The molecule has 2 aromatic rings. The summed E-state index contributed by atoms with van der Waals surface area (Å²) in [5, 5.41) is 11.0. The molecule has 1 N–H and O–H groups in total. The van der Waals surface area contributed by atoms with E-state index in [4.69, 9.17) is 5.26 Å². The highest BCUT2D eigenvalue weighted by Crippen LogP contribution is 2.36. The lowest BCUT2D eigenvalue weighted by Crippen LogP contribution is -2.13. The van der Waals surface area contributed by atoms with E-state index in [-0.39, 0.29) is 17.6 Å². The van der Waals surface area contributed by atoms with E-state index < -0.39 is 39.9 Å². The fourth-order valence-electron chi connectivity index (χ4n) is 1.53. The summed E-state index contributed by atoms with van der Waals surface area (Å²) in [4.78, 5) is 10.4. The summed E-state index contributed by atoms with van der Waals surface area (Å²) in [6, 6.07) is 7.04. The van der Waals surface area contributed by atoms with E-state index in [1.807, 2.05) is 0 Å². The van der Waals surface area contributed by atoms with Crippen LogP contribution in [0.15, 0.2) is 35.2 Å². The lowest BCUT2D eigenvalue weighted by Gasteiger charge is -2.10. The molecule has 0 fully saturated rings. The van der Waals surface area contributed by atoms with Crippen LogP contribution < -0.4 is 4.74 Å². The predicted molar refractivity (Wildman–Crippen MR) is 68.3 cm³/mol. The number of halogens is 4. The molecule has 0 amide bonds. The first-order valence-electron chi connectivity index (χ1n) is 5.75. The van der Waals surface area contributed by atoms with Crippen LogP contribution in [-0.4, -0.2) is 11.2 Å². The number of carbonyl (C=O) groups is 1. The number of rotatable bonds is 5. The van der Waals surface area contributed by atoms with Crippen molar-refractivity contribution in [3.05, 3.63) is 59.2 Å². The molecule has 10 heteroatoms. The zero-order valence-corrected chi connectivity index (χ0v) is 11.7. The Labute approximate surface area is 130 Å². The molecule has 0 unspecified atom stereocenters. The number of esters is 1. The summed E-state index contributed by atoms with van der Waals surface area (Å²) in [5.74, 6) is -10.4. The summed E-state index contributed by atoms with van der Waals surface area (Å²) < 4.78 is 63.0. The molecule has 0 atom stereocenters. The van der Waals surface area contributed by atoms with Gasteiger partial charge in [-0.2, -0.15) is 8.78 Å². The standard InChI is InChI=1S/C13H6F4O5S/c14-7-9(16)12(23-22-21-19)10(17)8(15)11(7)20-13(18)6-4-2-1-3-5-6/h1-5,19H. The molecule has 0 radical (unpaired) electrons. The van der Waals surface area contributed by atoms with Crippen molar-refractivity contribution in [2.75, 3.05) is 0 Å². The quantitative estimate of drug-likeness (QED) is 0.168. The highest BCUT2D eigenvalue weighted by Gasteiger charge is 2.29. The predicted octanol–water partition coefficient (Wildman–Crippen LogP) is 3.89. The van der Waals surface area contributed by atoms with Crippen LogP contribution in [0.2, 0.25) is 0 Å². The molecule has 0 aromatic heterocycles. The van der Waals surface area contributed by atoms with Crippen LogP contribution in [0.4, 0.5) is 17.6 Å². The van der Waals surface area contributed by atoms with Gasteiger partial charge in [-0.15, -0.1) is 4.33 Å². The second kappa shape index (κ2) is 7.42. The Morgan fingerprint density at radius 1 is 0.957 bits per heavy atom. The smallest absolute Gasteiger partial charge is 0.343 e. The highest BCUT2D eigenvalue weighted by molar-refractivity contribution is 7.94. The molecule has 0 heterocycles. The summed E-state index contributed by atoms with van der Waals surface area (Å²) in [7, 11) is 0. The largest absolute Gasteiger partial charge is 0.416 e. The Bertz CT molecular complexity index is 697. The lowest BCUT2D eigenvalue weighted by molar-refractivity contribution is -0.432. The topological polar surface area (TPSA) is 65.0 Å². The molecule has 2 rings (SSSR count). The molecular weight excluding hydrogens is 344 g/mol. The minimum atomic E-state index is -1.95. The zero-order chi connectivity index (χ0) is 17.0. The van der Waals surface area contributed by atoms with Crippen molar-refractivity contribution in [3.8, 4) is 5.75 Å². The second-order valence-electron chi connectivity index (χ2n) is 3.90. The molecule has 5 nitrogen and oxygen atoms in total. The minimum Gasteiger partial charge on any atom is -0.416 e. The maximum Gasteiger partial charge on any atom is 0.343 e. The maximum absolute atomic E-state index is 13.8. The molecule has 0 saturated carbocycles. The number of ether oxygens (including phenoxy) is 1. The van der Waals surface area contributed by atoms with E-state index in [0.29, 0.717) is 0 Å². The number of hydrogen-bond donors (Lipinski definition) is 1. The van der Waals surface area contributed by atoms with Gasteiger partial charge in [0.2, 0.25) is 17.4 Å². The zero-order valence-electron chi connectivity index (χ0n) is 10.9. The average molecular weight is 350 g/mol. The van der Waals surface area contributed by atoms with Gasteiger partial charge in [-0.05, 0) is 12.1 Å². The van der Waals surface area contributed by atoms with Crippen LogP contribution in [0.5, 0.6) is 5.75 Å². The van der Waals surface area contributed by atoms with Crippen molar-refractivity contribution < 1.29 is 41.7 Å². The van der Waals surface area contributed by atoms with Gasteiger partial charge in [0.25, 0.3) is 0 Å². The van der Waals surface area contributed by atoms with Crippen molar-refractivity contribution in [2.45, 2.75) is 4.90 Å². The fourth-order valence-corrected chi connectivity index (χ4v) is 1.95. The second-order valence-corrected chi connectivity index (χ2v) is 4.61. The molecule has 23 heavy (non-hydrogen) atoms. The van der Waals surface area contributed by atoms with Crippen molar-refractivity contribution in [3.63, 3.8) is 0 Å². The van der Waals surface area contributed by atoms with Crippen LogP contribution in [0.3, 0.4) is 0 Å². The van der Waals surface area contributed by atoms with Crippen LogP contribution in [0.1, 0.15) is 10.4 Å². The van der Waals surface area contributed by atoms with Gasteiger partial charge in [0.05, 0.1) is 17.6 Å². The third kappa shape index (κ3) is 3.62. The van der Waals surface area contributed by atoms with Gasteiger partial charge < -0.3 is 4.74 Å².